The first-order valence-electron chi connectivity index (χ1n) is 3.31. The van der Waals surface area contributed by atoms with E-state index in [0.29, 0.717) is 6.20 Å². The number of nitrogens with two attached hydrogens (primary N) is 1. The smallest absolute Gasteiger partial charge is 0.388 e. The zero-order valence-corrected chi connectivity index (χ0v) is 7.33. The standard InChI is InChI=1S/C6H4ClF2N3O2/c7-3-2(5(8)9)1-11-6(4(3)10)12(13)14/h1,5H,10H2. The Morgan fingerprint density at radius 2 is 2.21 bits per heavy atom. The summed E-state index contributed by atoms with van der Waals surface area (Å²) < 4.78 is 24.4. The van der Waals surface area contributed by atoms with Gasteiger partial charge in [0.05, 0.1) is 10.6 Å². The first-order chi connectivity index (χ1) is 6.45. The second-order valence-electron chi connectivity index (χ2n) is 2.32. The lowest BCUT2D eigenvalue weighted by molar-refractivity contribution is -0.388. The molecule has 0 aliphatic rings. The fraction of sp³-hybridized carbons (Fsp3) is 0.167. The quantitative estimate of drug-likeness (QED) is 0.615. The number of alkyl halides is 2. The van der Waals surface area contributed by atoms with Crippen molar-refractivity contribution in [3.05, 3.63) is 26.9 Å². The molecule has 1 rings (SSSR count). The van der Waals surface area contributed by atoms with Crippen molar-refractivity contribution in [3.63, 3.8) is 0 Å². The molecule has 8 heteroatoms. The number of nitrogens with zero attached hydrogens (tertiary/aromatic N) is 2. The van der Waals surface area contributed by atoms with Crippen LogP contribution < -0.4 is 5.73 Å². The lowest BCUT2D eigenvalue weighted by Gasteiger charge is -2.03. The van der Waals surface area contributed by atoms with E-state index in [2.05, 4.69) is 4.98 Å². The molecule has 1 aromatic heterocycles. The summed E-state index contributed by atoms with van der Waals surface area (Å²) in [5, 5.41) is 9.75. The van der Waals surface area contributed by atoms with Crippen molar-refractivity contribution in [2.45, 2.75) is 6.43 Å². The van der Waals surface area contributed by atoms with E-state index in [4.69, 9.17) is 17.3 Å². The number of hydrogen-bond donors (Lipinski definition) is 1. The van der Waals surface area contributed by atoms with Crippen molar-refractivity contribution >= 4 is 23.1 Å². The van der Waals surface area contributed by atoms with Gasteiger partial charge < -0.3 is 15.8 Å². The molecular formula is C6H4ClF2N3O2. The van der Waals surface area contributed by atoms with Crippen molar-refractivity contribution in [1.29, 1.82) is 0 Å². The number of pyridine rings is 1. The Kier molecular flexibility index (Phi) is 2.80. The van der Waals surface area contributed by atoms with Gasteiger partial charge in [-0.15, -0.1) is 0 Å². The highest BCUT2D eigenvalue weighted by atomic mass is 35.5. The first-order valence-corrected chi connectivity index (χ1v) is 3.69. The van der Waals surface area contributed by atoms with E-state index in [0.717, 1.165) is 0 Å². The van der Waals surface area contributed by atoms with E-state index < -0.39 is 33.4 Å². The molecule has 0 fully saturated rings. The largest absolute Gasteiger partial charge is 0.391 e. The Morgan fingerprint density at radius 3 is 2.64 bits per heavy atom. The zero-order valence-electron chi connectivity index (χ0n) is 6.58. The topological polar surface area (TPSA) is 82.0 Å². The van der Waals surface area contributed by atoms with E-state index in [1.54, 1.807) is 0 Å². The van der Waals surface area contributed by atoms with Gasteiger partial charge in [-0.1, -0.05) is 11.6 Å². The van der Waals surface area contributed by atoms with E-state index >= 15 is 0 Å². The maximum Gasteiger partial charge on any atom is 0.388 e. The zero-order chi connectivity index (χ0) is 10.9. The number of aromatic nitrogens is 1. The van der Waals surface area contributed by atoms with E-state index in [1.165, 1.54) is 0 Å². The molecule has 0 aliphatic heterocycles. The van der Waals surface area contributed by atoms with Crippen LogP contribution in [0.2, 0.25) is 5.02 Å². The van der Waals surface area contributed by atoms with Gasteiger partial charge in [-0.05, 0) is 9.91 Å². The van der Waals surface area contributed by atoms with E-state index in [1.807, 2.05) is 0 Å². The van der Waals surface area contributed by atoms with Crippen LogP contribution in [0.3, 0.4) is 0 Å². The highest BCUT2D eigenvalue weighted by Crippen LogP contribution is 2.34. The van der Waals surface area contributed by atoms with Crippen molar-refractivity contribution in [2.24, 2.45) is 0 Å². The maximum absolute atomic E-state index is 12.2. The molecule has 0 atom stereocenters. The Bertz CT molecular complexity index is 386. The molecule has 14 heavy (non-hydrogen) atoms. The SMILES string of the molecule is Nc1c([N+](=O)[O-])ncc(C(F)F)c1Cl. The molecule has 0 spiro atoms. The van der Waals surface area contributed by atoms with Crippen LogP contribution in [0.1, 0.15) is 12.0 Å². The van der Waals surface area contributed by atoms with Gasteiger partial charge in [0, 0.05) is 0 Å². The van der Waals surface area contributed by atoms with Gasteiger partial charge in [-0.3, -0.25) is 0 Å². The summed E-state index contributed by atoms with van der Waals surface area (Å²) in [4.78, 5) is 12.6. The molecule has 0 unspecified atom stereocenters. The summed E-state index contributed by atoms with van der Waals surface area (Å²) in [5.41, 5.74) is 3.99. The summed E-state index contributed by atoms with van der Waals surface area (Å²) in [5.74, 6) is -0.723. The predicted molar refractivity (Wildman–Crippen MR) is 45.3 cm³/mol. The number of rotatable bonds is 2. The normalized spacial score (nSPS) is 10.6. The molecule has 0 amide bonds. The highest BCUT2D eigenvalue weighted by Gasteiger charge is 2.23. The van der Waals surface area contributed by atoms with Crippen molar-refractivity contribution in [1.82, 2.24) is 4.98 Å². The predicted octanol–water partition coefficient (Wildman–Crippen LogP) is 2.16. The first kappa shape index (κ1) is 10.6. The van der Waals surface area contributed by atoms with E-state index in [9.17, 15) is 18.9 Å². The molecule has 0 saturated carbocycles. The molecule has 76 valence electrons. The van der Waals surface area contributed by atoms with Gasteiger partial charge in [0.2, 0.25) is 0 Å². The van der Waals surface area contributed by atoms with Crippen LogP contribution in [-0.2, 0) is 0 Å². The molecule has 0 aromatic carbocycles. The molecule has 1 aromatic rings. The number of nitrogen functional groups attached to an aromatic ring is 1. The second kappa shape index (κ2) is 3.70. The fourth-order valence-corrected chi connectivity index (χ4v) is 1.02. The van der Waals surface area contributed by atoms with Gasteiger partial charge in [0.15, 0.2) is 11.9 Å². The molecule has 0 saturated heterocycles. The van der Waals surface area contributed by atoms with Crippen LogP contribution in [0, 0.1) is 10.1 Å². The highest BCUT2D eigenvalue weighted by molar-refractivity contribution is 6.34. The minimum atomic E-state index is -2.86. The van der Waals surface area contributed by atoms with Crippen LogP contribution in [0.25, 0.3) is 0 Å². The summed E-state index contributed by atoms with van der Waals surface area (Å²) in [6, 6.07) is 0. The maximum atomic E-state index is 12.2. The van der Waals surface area contributed by atoms with Crippen molar-refractivity contribution < 1.29 is 13.7 Å². The minimum absolute atomic E-state index is 0.526. The van der Waals surface area contributed by atoms with Crippen LogP contribution >= 0.6 is 11.6 Å². The van der Waals surface area contributed by atoms with Gasteiger partial charge >= 0.3 is 5.82 Å². The van der Waals surface area contributed by atoms with Gasteiger partial charge in [-0.2, -0.15) is 0 Å². The average molecular weight is 224 g/mol. The number of anilines is 1. The number of halogens is 3. The molecule has 1 heterocycles. The molecule has 0 aliphatic carbocycles. The minimum Gasteiger partial charge on any atom is -0.391 e. The van der Waals surface area contributed by atoms with Gasteiger partial charge in [0.25, 0.3) is 6.43 Å². The fourth-order valence-electron chi connectivity index (χ4n) is 0.808. The second-order valence-corrected chi connectivity index (χ2v) is 2.70. The lowest BCUT2D eigenvalue weighted by Crippen LogP contribution is -2.02. The summed E-state index contributed by atoms with van der Waals surface area (Å²) in [6.07, 6.45) is -2.22. The molecule has 0 radical (unpaired) electrons. The van der Waals surface area contributed by atoms with Crippen LogP contribution in [-0.4, -0.2) is 9.91 Å². The average Bonchev–Trinajstić information content (AvgIpc) is 2.08. The molecule has 5 nitrogen and oxygen atoms in total. The van der Waals surface area contributed by atoms with Crippen molar-refractivity contribution in [3.8, 4) is 0 Å². The Morgan fingerprint density at radius 1 is 1.64 bits per heavy atom. The molecule has 0 bridgehead atoms. The summed E-state index contributed by atoms with van der Waals surface area (Å²) in [6.45, 7) is 0. The number of nitro groups is 1. The van der Waals surface area contributed by atoms with E-state index in [-0.39, 0.29) is 0 Å². The summed E-state index contributed by atoms with van der Waals surface area (Å²) in [7, 11) is 0. The monoisotopic (exact) mass is 223 g/mol. The van der Waals surface area contributed by atoms with Crippen LogP contribution in [0.5, 0.6) is 0 Å². The lowest BCUT2D eigenvalue weighted by atomic mass is 10.2. The van der Waals surface area contributed by atoms with Crippen molar-refractivity contribution in [2.75, 3.05) is 5.73 Å². The van der Waals surface area contributed by atoms with Gasteiger partial charge in [-0.25, -0.2) is 8.78 Å². The molecule has 2 N–H and O–H groups in total. The Hall–Kier alpha value is -1.50. The third-order valence-corrected chi connectivity index (χ3v) is 1.89. The third-order valence-electron chi connectivity index (χ3n) is 1.46. The Labute approximate surface area is 81.6 Å². The third kappa shape index (κ3) is 1.72. The summed E-state index contributed by atoms with van der Waals surface area (Å²) >= 11 is 5.39. The number of hydrogen-bond acceptors (Lipinski definition) is 4. The van der Waals surface area contributed by atoms with Crippen LogP contribution in [0.4, 0.5) is 20.3 Å². The van der Waals surface area contributed by atoms with Crippen LogP contribution in [0.15, 0.2) is 6.20 Å². The van der Waals surface area contributed by atoms with Gasteiger partial charge in [0.1, 0.15) is 0 Å². The Balaban J connectivity index is 3.33. The molecular weight excluding hydrogens is 220 g/mol.